The van der Waals surface area contributed by atoms with E-state index < -0.39 is 30.6 Å². The van der Waals surface area contributed by atoms with Gasteiger partial charge in [0.1, 0.15) is 5.66 Å². The summed E-state index contributed by atoms with van der Waals surface area (Å²) >= 11 is 7.51. The maximum atomic E-state index is 13.8. The monoisotopic (exact) mass is 484 g/mol. The predicted molar refractivity (Wildman–Crippen MR) is 122 cm³/mol. The van der Waals surface area contributed by atoms with Gasteiger partial charge in [0.25, 0.3) is 0 Å². The van der Waals surface area contributed by atoms with Gasteiger partial charge < -0.3 is 10.3 Å². The van der Waals surface area contributed by atoms with Gasteiger partial charge in [0.05, 0.1) is 12.3 Å². The Morgan fingerprint density at radius 1 is 1.32 bits per heavy atom. The highest BCUT2D eigenvalue weighted by atomic mass is 35.5. The number of amides is 1. The molecule has 0 saturated carbocycles. The van der Waals surface area contributed by atoms with Gasteiger partial charge >= 0.3 is 0 Å². The maximum Gasteiger partial charge on any atom is 0.248 e. The third-order valence-corrected chi connectivity index (χ3v) is 7.98. The molecule has 0 bridgehead atoms. The first kappa shape index (κ1) is 23.6. The van der Waals surface area contributed by atoms with Crippen LogP contribution in [0.5, 0.6) is 0 Å². The quantitative estimate of drug-likeness (QED) is 0.402. The van der Waals surface area contributed by atoms with E-state index >= 15 is 0 Å². The second-order valence-electron chi connectivity index (χ2n) is 6.75. The lowest BCUT2D eigenvalue weighted by molar-refractivity contribution is -0.117. The zero-order valence-electron chi connectivity index (χ0n) is 16.6. The molecule has 2 unspecified atom stereocenters. The van der Waals surface area contributed by atoms with Crippen LogP contribution in [-0.4, -0.2) is 25.7 Å². The van der Waals surface area contributed by atoms with E-state index in [-0.39, 0.29) is 18.8 Å². The first-order valence-corrected chi connectivity index (χ1v) is 12.6. The van der Waals surface area contributed by atoms with Crippen LogP contribution in [0.2, 0.25) is 5.02 Å². The first-order valence-electron chi connectivity index (χ1n) is 9.18. The van der Waals surface area contributed by atoms with Crippen molar-refractivity contribution < 1.29 is 22.7 Å². The van der Waals surface area contributed by atoms with Crippen LogP contribution < -0.4 is 10.6 Å². The van der Waals surface area contributed by atoms with Crippen LogP contribution in [-0.2, 0) is 13.9 Å². The summed E-state index contributed by atoms with van der Waals surface area (Å²) in [6.07, 6.45) is 1.16. The third-order valence-electron chi connectivity index (χ3n) is 4.63. The number of hydrogen-bond donors (Lipinski definition) is 1. The van der Waals surface area contributed by atoms with E-state index in [0.717, 1.165) is 27.9 Å². The molecule has 0 spiro atoms. The number of nitrogens with two attached hydrogens (primary N) is 1. The number of carbonyl (C=O) groups excluding carboxylic acids is 1. The van der Waals surface area contributed by atoms with Crippen LogP contribution in [0.3, 0.4) is 0 Å². The number of nitrogens with zero attached hydrogens (tertiary/aromatic N) is 1. The molecular weight excluding hydrogens is 465 g/mol. The Labute approximate surface area is 187 Å². The summed E-state index contributed by atoms with van der Waals surface area (Å²) in [6, 6.07) is 8.21. The smallest absolute Gasteiger partial charge is 0.248 e. The molecule has 10 heteroatoms. The van der Waals surface area contributed by atoms with Crippen LogP contribution in [0.4, 0.5) is 14.5 Å². The molecule has 0 aliphatic heterocycles. The van der Waals surface area contributed by atoms with Crippen molar-refractivity contribution in [2.24, 2.45) is 5.73 Å². The van der Waals surface area contributed by atoms with Crippen molar-refractivity contribution in [3.8, 4) is 0 Å². The Hall–Kier alpha value is -2.09. The highest BCUT2D eigenvalue weighted by Gasteiger charge is 2.41. The Morgan fingerprint density at radius 2 is 2.06 bits per heavy atom. The molecule has 1 amide bonds. The minimum atomic E-state index is -3.62. The highest BCUT2D eigenvalue weighted by Crippen LogP contribution is 2.59. The molecule has 31 heavy (non-hydrogen) atoms. The second-order valence-corrected chi connectivity index (χ2v) is 10.7. The SMILES string of the molecule is C=CN(C(=O)C(c1csc2ccc(Cl)cc12)P(C)(=O)OCCN)c1ccc(F)c(F)c1. The fraction of sp³-hybridized carbons (Fsp3) is 0.190. The van der Waals surface area contributed by atoms with Gasteiger partial charge in [0.2, 0.25) is 13.3 Å². The predicted octanol–water partition coefficient (Wildman–Crippen LogP) is 5.93. The lowest BCUT2D eigenvalue weighted by atomic mass is 10.1. The molecule has 2 N–H and O–H groups in total. The number of benzene rings is 2. The number of thiophene rings is 1. The van der Waals surface area contributed by atoms with E-state index in [4.69, 9.17) is 21.9 Å². The van der Waals surface area contributed by atoms with Crippen LogP contribution in [0.1, 0.15) is 11.2 Å². The lowest BCUT2D eigenvalue weighted by Gasteiger charge is -2.28. The first-order chi connectivity index (χ1) is 14.7. The number of hydrogen-bond acceptors (Lipinski definition) is 5. The molecule has 2 aromatic carbocycles. The van der Waals surface area contributed by atoms with Crippen LogP contribution >= 0.6 is 30.3 Å². The summed E-state index contributed by atoms with van der Waals surface area (Å²) in [6.45, 7) is 5.07. The molecule has 164 valence electrons. The summed E-state index contributed by atoms with van der Waals surface area (Å²) in [5.41, 5.74) is 4.76. The number of fused-ring (bicyclic) bond motifs is 1. The summed E-state index contributed by atoms with van der Waals surface area (Å²) in [5, 5.41) is 2.83. The molecule has 0 radical (unpaired) electrons. The minimum Gasteiger partial charge on any atom is -0.328 e. The van der Waals surface area contributed by atoms with Gasteiger partial charge in [0.15, 0.2) is 11.6 Å². The fourth-order valence-corrected chi connectivity index (χ4v) is 6.32. The zero-order chi connectivity index (χ0) is 22.8. The van der Waals surface area contributed by atoms with Gasteiger partial charge in [-0.25, -0.2) is 8.78 Å². The fourth-order valence-electron chi connectivity index (χ4n) is 3.22. The van der Waals surface area contributed by atoms with E-state index in [1.807, 2.05) is 0 Å². The molecular formula is C21H20ClF2N2O3PS. The lowest BCUT2D eigenvalue weighted by Crippen LogP contribution is -2.31. The Morgan fingerprint density at radius 3 is 2.71 bits per heavy atom. The molecule has 0 saturated heterocycles. The van der Waals surface area contributed by atoms with Crippen LogP contribution in [0, 0.1) is 11.6 Å². The molecule has 2 atom stereocenters. The summed E-state index contributed by atoms with van der Waals surface area (Å²) in [5.74, 6) is -2.84. The Kier molecular flexibility index (Phi) is 7.29. The summed E-state index contributed by atoms with van der Waals surface area (Å²) in [4.78, 5) is 14.7. The van der Waals surface area contributed by atoms with Crippen molar-refractivity contribution in [3.05, 3.63) is 76.8 Å². The average Bonchev–Trinajstić information content (AvgIpc) is 3.12. The van der Waals surface area contributed by atoms with Crippen molar-refractivity contribution in [1.29, 1.82) is 0 Å². The second kappa shape index (κ2) is 9.59. The van der Waals surface area contributed by atoms with Crippen molar-refractivity contribution >= 4 is 52.0 Å². The molecule has 3 aromatic rings. The summed E-state index contributed by atoms with van der Waals surface area (Å²) < 4.78 is 47.2. The molecule has 5 nitrogen and oxygen atoms in total. The Bertz CT molecular complexity index is 1190. The van der Waals surface area contributed by atoms with E-state index in [2.05, 4.69) is 6.58 Å². The number of carbonyl (C=O) groups is 1. The maximum absolute atomic E-state index is 13.8. The van der Waals surface area contributed by atoms with Gasteiger partial charge in [-0.3, -0.25) is 14.3 Å². The van der Waals surface area contributed by atoms with Gasteiger partial charge in [0, 0.05) is 35.2 Å². The largest absolute Gasteiger partial charge is 0.328 e. The molecule has 0 aliphatic rings. The van der Waals surface area contributed by atoms with Crippen molar-refractivity contribution in [3.63, 3.8) is 0 Å². The average molecular weight is 485 g/mol. The third kappa shape index (κ3) is 4.89. The molecule has 3 rings (SSSR count). The molecule has 1 heterocycles. The van der Waals surface area contributed by atoms with Crippen LogP contribution in [0.25, 0.3) is 10.1 Å². The molecule has 0 fully saturated rings. The van der Waals surface area contributed by atoms with Gasteiger partial charge in [-0.2, -0.15) is 0 Å². The molecule has 0 aliphatic carbocycles. The van der Waals surface area contributed by atoms with Gasteiger partial charge in [-0.05, 0) is 46.7 Å². The Balaban J connectivity index is 2.15. The molecule has 1 aromatic heterocycles. The number of rotatable bonds is 8. The van der Waals surface area contributed by atoms with Gasteiger partial charge in [-0.1, -0.05) is 18.2 Å². The van der Waals surface area contributed by atoms with E-state index in [1.165, 1.54) is 24.1 Å². The standard InChI is InChI=1S/C21H20ClF2N2O3PS/c1-3-26(14-5-6-17(23)18(24)11-14)21(27)20(30(2,28)29-9-8-25)16-12-31-19-7-4-13(22)10-15(16)19/h3-7,10-12,20H,1,8-9,25H2,2H3. The van der Waals surface area contributed by atoms with Crippen molar-refractivity contribution in [2.75, 3.05) is 24.7 Å². The van der Waals surface area contributed by atoms with E-state index in [1.54, 1.807) is 23.6 Å². The zero-order valence-corrected chi connectivity index (χ0v) is 19.0. The van der Waals surface area contributed by atoms with Crippen LogP contribution in [0.15, 0.2) is 54.6 Å². The number of halogens is 3. The van der Waals surface area contributed by atoms with E-state index in [0.29, 0.717) is 16.0 Å². The summed E-state index contributed by atoms with van der Waals surface area (Å²) in [7, 11) is -3.62. The van der Waals surface area contributed by atoms with Crippen molar-refractivity contribution in [1.82, 2.24) is 0 Å². The highest BCUT2D eigenvalue weighted by molar-refractivity contribution is 7.59. The van der Waals surface area contributed by atoms with E-state index in [9.17, 15) is 18.1 Å². The number of anilines is 1. The van der Waals surface area contributed by atoms with Gasteiger partial charge in [-0.15, -0.1) is 11.3 Å². The van der Waals surface area contributed by atoms with Crippen molar-refractivity contribution in [2.45, 2.75) is 5.66 Å². The topological polar surface area (TPSA) is 72.6 Å². The normalized spacial score (nSPS) is 14.2. The minimum absolute atomic E-state index is 0.0142.